The molecule has 0 aliphatic carbocycles. The zero-order valence-electron chi connectivity index (χ0n) is 11.9. The van der Waals surface area contributed by atoms with Crippen LogP contribution in [0.1, 0.15) is 17.3 Å². The Morgan fingerprint density at radius 3 is 2.67 bits per heavy atom. The molecule has 1 unspecified atom stereocenters. The maximum absolute atomic E-state index is 5.23. The van der Waals surface area contributed by atoms with Gasteiger partial charge in [0.15, 0.2) is 0 Å². The average Bonchev–Trinajstić information content (AvgIpc) is 2.56. The number of para-hydroxylation sites is 2. The normalized spacial score (nSPS) is 12.3. The minimum absolute atomic E-state index is 0.0790. The van der Waals surface area contributed by atoms with Gasteiger partial charge in [0.2, 0.25) is 0 Å². The van der Waals surface area contributed by atoms with Gasteiger partial charge in [0, 0.05) is 6.20 Å². The molecule has 0 bridgehead atoms. The van der Waals surface area contributed by atoms with E-state index >= 15 is 0 Å². The smallest absolute Gasteiger partial charge is 0.137 e. The molecule has 0 saturated heterocycles. The van der Waals surface area contributed by atoms with Gasteiger partial charge < -0.3 is 10.1 Å². The van der Waals surface area contributed by atoms with Crippen LogP contribution < -0.4 is 10.1 Å². The van der Waals surface area contributed by atoms with Crippen molar-refractivity contribution in [2.75, 3.05) is 14.2 Å². The molecule has 0 amide bonds. The summed E-state index contributed by atoms with van der Waals surface area (Å²) >= 11 is 0. The highest BCUT2D eigenvalue weighted by Crippen LogP contribution is 2.23. The standard InChI is InChI=1S/C16H16N4O/c1-17-16(11-7-12(21-2)9-18-8-11)15-10-19-13-5-3-4-6-14(13)20-15/h3-10,16-17H,1-2H3. The van der Waals surface area contributed by atoms with Crippen LogP contribution in [0.25, 0.3) is 11.0 Å². The summed E-state index contributed by atoms with van der Waals surface area (Å²) in [6.07, 6.45) is 5.28. The van der Waals surface area contributed by atoms with Crippen molar-refractivity contribution in [1.82, 2.24) is 20.3 Å². The number of pyridine rings is 1. The van der Waals surface area contributed by atoms with E-state index in [2.05, 4.69) is 20.3 Å². The van der Waals surface area contributed by atoms with Crippen molar-refractivity contribution in [3.05, 3.63) is 60.2 Å². The molecule has 0 saturated carbocycles. The Balaban J connectivity index is 2.04. The first kappa shape index (κ1) is 13.5. The van der Waals surface area contributed by atoms with E-state index in [1.54, 1.807) is 25.7 Å². The number of hydrogen-bond donors (Lipinski definition) is 1. The lowest BCUT2D eigenvalue weighted by Crippen LogP contribution is -2.19. The van der Waals surface area contributed by atoms with Gasteiger partial charge in [-0.3, -0.25) is 9.97 Å². The van der Waals surface area contributed by atoms with Crippen LogP contribution in [0.5, 0.6) is 5.75 Å². The highest BCUT2D eigenvalue weighted by atomic mass is 16.5. The summed E-state index contributed by atoms with van der Waals surface area (Å²) in [5.41, 5.74) is 3.61. The van der Waals surface area contributed by atoms with Crippen molar-refractivity contribution >= 4 is 11.0 Å². The van der Waals surface area contributed by atoms with Gasteiger partial charge in [-0.15, -0.1) is 0 Å². The van der Waals surface area contributed by atoms with E-state index in [0.717, 1.165) is 28.0 Å². The zero-order chi connectivity index (χ0) is 14.7. The molecule has 2 aromatic heterocycles. The Kier molecular flexibility index (Phi) is 3.75. The van der Waals surface area contributed by atoms with E-state index in [4.69, 9.17) is 4.74 Å². The largest absolute Gasteiger partial charge is 0.495 e. The zero-order valence-corrected chi connectivity index (χ0v) is 11.9. The molecule has 21 heavy (non-hydrogen) atoms. The maximum Gasteiger partial charge on any atom is 0.137 e. The van der Waals surface area contributed by atoms with Crippen LogP contribution >= 0.6 is 0 Å². The van der Waals surface area contributed by atoms with E-state index < -0.39 is 0 Å². The Bertz CT molecular complexity index is 760. The second-order valence-electron chi connectivity index (χ2n) is 4.66. The SMILES string of the molecule is CNC(c1cncc(OC)c1)c1cnc2ccccc2n1. The Morgan fingerprint density at radius 2 is 1.90 bits per heavy atom. The first-order valence-corrected chi connectivity index (χ1v) is 6.69. The lowest BCUT2D eigenvalue weighted by Gasteiger charge is -2.16. The van der Waals surface area contributed by atoms with Crippen LogP contribution in [0.4, 0.5) is 0 Å². The number of fused-ring (bicyclic) bond motifs is 1. The molecule has 3 rings (SSSR count). The second-order valence-corrected chi connectivity index (χ2v) is 4.66. The van der Waals surface area contributed by atoms with Gasteiger partial charge in [-0.05, 0) is 30.8 Å². The molecule has 1 N–H and O–H groups in total. The fourth-order valence-corrected chi connectivity index (χ4v) is 2.30. The molecule has 5 heteroatoms. The number of aromatic nitrogens is 3. The fourth-order valence-electron chi connectivity index (χ4n) is 2.30. The van der Waals surface area contributed by atoms with Gasteiger partial charge in [-0.2, -0.15) is 0 Å². The molecule has 0 fully saturated rings. The summed E-state index contributed by atoms with van der Waals surface area (Å²) < 4.78 is 5.23. The maximum atomic E-state index is 5.23. The van der Waals surface area contributed by atoms with Crippen molar-refractivity contribution in [2.24, 2.45) is 0 Å². The van der Waals surface area contributed by atoms with Crippen molar-refractivity contribution < 1.29 is 4.74 Å². The summed E-state index contributed by atoms with van der Waals surface area (Å²) in [5.74, 6) is 0.724. The highest BCUT2D eigenvalue weighted by molar-refractivity contribution is 5.73. The lowest BCUT2D eigenvalue weighted by molar-refractivity contribution is 0.411. The molecule has 0 aliphatic rings. The molecule has 106 valence electrons. The Hall–Kier alpha value is -2.53. The van der Waals surface area contributed by atoms with Crippen LogP contribution in [0.2, 0.25) is 0 Å². The van der Waals surface area contributed by atoms with Crippen molar-refractivity contribution in [1.29, 1.82) is 0 Å². The van der Waals surface area contributed by atoms with Gasteiger partial charge in [0.05, 0.1) is 42.3 Å². The summed E-state index contributed by atoms with van der Waals surface area (Å²) in [5, 5.41) is 3.25. The first-order valence-electron chi connectivity index (χ1n) is 6.69. The highest BCUT2D eigenvalue weighted by Gasteiger charge is 2.15. The second kappa shape index (κ2) is 5.85. The monoisotopic (exact) mass is 280 g/mol. The van der Waals surface area contributed by atoms with Crippen molar-refractivity contribution in [3.8, 4) is 5.75 Å². The van der Waals surface area contributed by atoms with E-state index in [1.165, 1.54) is 0 Å². The molecule has 3 aromatic rings. The van der Waals surface area contributed by atoms with Crippen LogP contribution in [0.15, 0.2) is 48.9 Å². The first-order chi connectivity index (χ1) is 10.3. The van der Waals surface area contributed by atoms with Crippen LogP contribution in [0.3, 0.4) is 0 Å². The van der Waals surface area contributed by atoms with Gasteiger partial charge >= 0.3 is 0 Å². The predicted molar refractivity (Wildman–Crippen MR) is 81.2 cm³/mol. The molecule has 0 radical (unpaired) electrons. The summed E-state index contributed by atoms with van der Waals surface area (Å²) in [6, 6.07) is 9.70. The van der Waals surface area contributed by atoms with Crippen LogP contribution in [-0.2, 0) is 0 Å². The molecular weight excluding hydrogens is 264 g/mol. The third-order valence-corrected chi connectivity index (χ3v) is 3.35. The topological polar surface area (TPSA) is 59.9 Å². The molecule has 1 aromatic carbocycles. The van der Waals surface area contributed by atoms with E-state index in [9.17, 15) is 0 Å². The average molecular weight is 280 g/mol. The molecule has 1 atom stereocenters. The van der Waals surface area contributed by atoms with E-state index in [-0.39, 0.29) is 6.04 Å². The number of nitrogens with one attached hydrogen (secondary N) is 1. The Morgan fingerprint density at radius 1 is 1.10 bits per heavy atom. The number of benzene rings is 1. The fraction of sp³-hybridized carbons (Fsp3) is 0.188. The van der Waals surface area contributed by atoms with Gasteiger partial charge in [-0.25, -0.2) is 4.98 Å². The van der Waals surface area contributed by atoms with Crippen molar-refractivity contribution in [2.45, 2.75) is 6.04 Å². The van der Waals surface area contributed by atoms with Crippen molar-refractivity contribution in [3.63, 3.8) is 0 Å². The predicted octanol–water partition coefficient (Wildman–Crippen LogP) is 2.34. The third-order valence-electron chi connectivity index (χ3n) is 3.35. The van der Waals surface area contributed by atoms with Gasteiger partial charge in [0.1, 0.15) is 5.75 Å². The van der Waals surface area contributed by atoms with E-state index in [0.29, 0.717) is 0 Å². The van der Waals surface area contributed by atoms with Crippen LogP contribution in [-0.4, -0.2) is 29.1 Å². The molecule has 2 heterocycles. The molecule has 5 nitrogen and oxygen atoms in total. The molecule has 0 aliphatic heterocycles. The van der Waals surface area contributed by atoms with Crippen LogP contribution in [0, 0.1) is 0 Å². The number of ether oxygens (including phenoxy) is 1. The summed E-state index contributed by atoms with van der Waals surface area (Å²) in [6.45, 7) is 0. The number of methoxy groups -OCH3 is 1. The minimum atomic E-state index is -0.0790. The lowest BCUT2D eigenvalue weighted by atomic mass is 10.1. The number of nitrogens with zero attached hydrogens (tertiary/aromatic N) is 3. The number of rotatable bonds is 4. The minimum Gasteiger partial charge on any atom is -0.495 e. The number of hydrogen-bond acceptors (Lipinski definition) is 5. The quantitative estimate of drug-likeness (QED) is 0.795. The van der Waals surface area contributed by atoms with E-state index in [1.807, 2.05) is 37.4 Å². The van der Waals surface area contributed by atoms with Gasteiger partial charge in [0.25, 0.3) is 0 Å². The molecular formula is C16H16N4O. The Labute approximate surface area is 123 Å². The van der Waals surface area contributed by atoms with Gasteiger partial charge in [-0.1, -0.05) is 12.1 Å². The molecule has 0 spiro atoms. The third kappa shape index (κ3) is 2.68. The summed E-state index contributed by atoms with van der Waals surface area (Å²) in [7, 11) is 3.52. The summed E-state index contributed by atoms with van der Waals surface area (Å²) in [4.78, 5) is 13.3.